The van der Waals surface area contributed by atoms with E-state index in [0.29, 0.717) is 6.04 Å². The molecule has 1 aliphatic heterocycles. The number of hydrogen-bond donors (Lipinski definition) is 5. The number of rotatable bonds is 1. The topological polar surface area (TPSA) is 60.1 Å². The van der Waals surface area contributed by atoms with E-state index in [2.05, 4.69) is 69.0 Å². The van der Waals surface area contributed by atoms with Crippen molar-refractivity contribution >= 4 is 10.8 Å². The molecule has 1 fully saturated rings. The van der Waals surface area contributed by atoms with Gasteiger partial charge in [-0.3, -0.25) is 0 Å². The van der Waals surface area contributed by atoms with Crippen LogP contribution in [0, 0.1) is 0 Å². The summed E-state index contributed by atoms with van der Waals surface area (Å²) in [6, 6.07) is 15.6. The summed E-state index contributed by atoms with van der Waals surface area (Å²) in [7, 11) is 0. The van der Waals surface area contributed by atoms with E-state index < -0.39 is 0 Å². The van der Waals surface area contributed by atoms with Gasteiger partial charge in [-0.05, 0) is 16.3 Å². The van der Waals surface area contributed by atoms with Crippen LogP contribution < -0.4 is 26.6 Å². The maximum Gasteiger partial charge on any atom is 0.0453 e. The summed E-state index contributed by atoms with van der Waals surface area (Å²) >= 11 is 0. The molecule has 1 saturated heterocycles. The molecule has 0 bridgehead atoms. The van der Waals surface area contributed by atoms with Crippen LogP contribution >= 0.6 is 0 Å². The van der Waals surface area contributed by atoms with Gasteiger partial charge in [-0.2, -0.15) is 0 Å². The molecule has 5 N–H and O–H groups in total. The molecule has 3 rings (SSSR count). The Hall–Kier alpha value is -1.50. The van der Waals surface area contributed by atoms with Gasteiger partial charge in [0.25, 0.3) is 0 Å². The summed E-state index contributed by atoms with van der Waals surface area (Å²) in [4.78, 5) is 0. The largest absolute Gasteiger partial charge is 0.314 e. The second-order valence-corrected chi connectivity index (χ2v) is 6.53. The van der Waals surface area contributed by atoms with Crippen LogP contribution in [0.5, 0.6) is 0 Å². The number of hydrogen-bond acceptors (Lipinski definition) is 5. The first-order valence-electron chi connectivity index (χ1n) is 9.49. The van der Waals surface area contributed by atoms with E-state index in [0.717, 1.165) is 58.9 Å². The van der Waals surface area contributed by atoms with Gasteiger partial charge in [0.1, 0.15) is 0 Å². The SMILES string of the molecule is c1ccc2c(C3CNCCNCCNCCNCCN3)cccc2c1. The van der Waals surface area contributed by atoms with Gasteiger partial charge < -0.3 is 26.6 Å². The molecule has 0 spiro atoms. The molecule has 25 heavy (non-hydrogen) atoms. The molecule has 0 radical (unpaired) electrons. The van der Waals surface area contributed by atoms with Crippen molar-refractivity contribution in [2.45, 2.75) is 6.04 Å². The van der Waals surface area contributed by atoms with Crippen LogP contribution in [0.3, 0.4) is 0 Å². The Morgan fingerprint density at radius 2 is 1.20 bits per heavy atom. The molecule has 0 amide bonds. The first-order chi connectivity index (χ1) is 12.4. The van der Waals surface area contributed by atoms with E-state index in [-0.39, 0.29) is 0 Å². The van der Waals surface area contributed by atoms with E-state index in [1.165, 1.54) is 16.3 Å². The summed E-state index contributed by atoms with van der Waals surface area (Å²) < 4.78 is 0. The Morgan fingerprint density at radius 1 is 0.600 bits per heavy atom. The predicted molar refractivity (Wildman–Crippen MR) is 106 cm³/mol. The van der Waals surface area contributed by atoms with Crippen LogP contribution in [-0.4, -0.2) is 58.9 Å². The minimum absolute atomic E-state index is 0.316. The van der Waals surface area contributed by atoms with E-state index >= 15 is 0 Å². The zero-order valence-electron chi connectivity index (χ0n) is 15.0. The van der Waals surface area contributed by atoms with Gasteiger partial charge in [0, 0.05) is 64.9 Å². The molecule has 5 heteroatoms. The van der Waals surface area contributed by atoms with Gasteiger partial charge >= 0.3 is 0 Å². The average molecular weight is 342 g/mol. The standard InChI is InChI=1S/C20H31N5/c1-2-6-18-17(4-1)5-3-7-19(18)20-16-24-13-12-22-9-8-21-10-11-23-14-15-25-20/h1-7,20-25H,8-16H2. The van der Waals surface area contributed by atoms with Crippen LogP contribution in [0.2, 0.25) is 0 Å². The Bertz CT molecular complexity index is 609. The lowest BCUT2D eigenvalue weighted by molar-refractivity contribution is 0.482. The third-order valence-corrected chi connectivity index (χ3v) is 4.68. The molecule has 2 aromatic carbocycles. The maximum absolute atomic E-state index is 3.73. The Morgan fingerprint density at radius 3 is 1.96 bits per heavy atom. The molecule has 1 heterocycles. The minimum Gasteiger partial charge on any atom is -0.314 e. The van der Waals surface area contributed by atoms with Gasteiger partial charge in [0.15, 0.2) is 0 Å². The van der Waals surface area contributed by atoms with Crippen LogP contribution in [0.1, 0.15) is 11.6 Å². The molecular formula is C20H31N5. The zero-order chi connectivity index (χ0) is 17.2. The van der Waals surface area contributed by atoms with Crippen LogP contribution in [0.25, 0.3) is 10.8 Å². The second-order valence-electron chi connectivity index (χ2n) is 6.53. The zero-order valence-corrected chi connectivity index (χ0v) is 15.0. The fraction of sp³-hybridized carbons (Fsp3) is 0.500. The van der Waals surface area contributed by atoms with Crippen LogP contribution in [0.15, 0.2) is 42.5 Å². The van der Waals surface area contributed by atoms with Crippen LogP contribution in [-0.2, 0) is 0 Å². The summed E-state index contributed by atoms with van der Waals surface area (Å²) in [6.07, 6.45) is 0. The van der Waals surface area contributed by atoms with Crippen molar-refractivity contribution in [2.75, 3.05) is 58.9 Å². The third kappa shape index (κ3) is 5.76. The highest BCUT2D eigenvalue weighted by Crippen LogP contribution is 2.23. The fourth-order valence-electron chi connectivity index (χ4n) is 3.33. The first-order valence-corrected chi connectivity index (χ1v) is 9.49. The quantitative estimate of drug-likeness (QED) is 0.532. The molecule has 0 saturated carbocycles. The van der Waals surface area contributed by atoms with Gasteiger partial charge in [-0.1, -0.05) is 42.5 Å². The van der Waals surface area contributed by atoms with E-state index in [4.69, 9.17) is 0 Å². The smallest absolute Gasteiger partial charge is 0.0453 e. The monoisotopic (exact) mass is 341 g/mol. The minimum atomic E-state index is 0.316. The lowest BCUT2D eigenvalue weighted by Gasteiger charge is -2.22. The van der Waals surface area contributed by atoms with Gasteiger partial charge in [-0.25, -0.2) is 0 Å². The lowest BCUT2D eigenvalue weighted by atomic mass is 9.98. The van der Waals surface area contributed by atoms with Crippen molar-refractivity contribution in [1.29, 1.82) is 0 Å². The summed E-state index contributed by atoms with van der Waals surface area (Å²) in [6.45, 7) is 8.96. The Labute approximate surface area is 151 Å². The predicted octanol–water partition coefficient (Wildman–Crippen LogP) is 0.843. The lowest BCUT2D eigenvalue weighted by Crippen LogP contribution is -2.38. The molecule has 5 nitrogen and oxygen atoms in total. The van der Waals surface area contributed by atoms with E-state index in [1.54, 1.807) is 0 Å². The van der Waals surface area contributed by atoms with Gasteiger partial charge in [0.05, 0.1) is 0 Å². The van der Waals surface area contributed by atoms with Crippen LogP contribution in [0.4, 0.5) is 0 Å². The highest BCUT2D eigenvalue weighted by Gasteiger charge is 2.13. The number of fused-ring (bicyclic) bond motifs is 1. The van der Waals surface area contributed by atoms with Gasteiger partial charge in [-0.15, -0.1) is 0 Å². The normalized spacial score (nSPS) is 22.2. The molecular weight excluding hydrogens is 310 g/mol. The van der Waals surface area contributed by atoms with Crippen molar-refractivity contribution in [2.24, 2.45) is 0 Å². The molecule has 0 aromatic heterocycles. The van der Waals surface area contributed by atoms with Crippen molar-refractivity contribution in [3.63, 3.8) is 0 Å². The van der Waals surface area contributed by atoms with Crippen molar-refractivity contribution < 1.29 is 0 Å². The number of nitrogens with one attached hydrogen (secondary N) is 5. The summed E-state index contributed by atoms with van der Waals surface area (Å²) in [5.74, 6) is 0. The van der Waals surface area contributed by atoms with Crippen molar-refractivity contribution in [3.8, 4) is 0 Å². The van der Waals surface area contributed by atoms with E-state index in [9.17, 15) is 0 Å². The fourth-order valence-corrected chi connectivity index (χ4v) is 3.33. The molecule has 1 atom stereocenters. The molecule has 136 valence electrons. The molecule has 0 aliphatic carbocycles. The average Bonchev–Trinajstić information content (AvgIpc) is 2.66. The third-order valence-electron chi connectivity index (χ3n) is 4.68. The Balaban J connectivity index is 1.69. The Kier molecular flexibility index (Phi) is 7.67. The molecule has 2 aromatic rings. The highest BCUT2D eigenvalue weighted by atomic mass is 15.0. The summed E-state index contributed by atoms with van der Waals surface area (Å²) in [5, 5.41) is 20.4. The number of benzene rings is 2. The highest BCUT2D eigenvalue weighted by molar-refractivity contribution is 5.86. The summed E-state index contributed by atoms with van der Waals surface area (Å²) in [5.41, 5.74) is 1.38. The van der Waals surface area contributed by atoms with Crippen molar-refractivity contribution in [3.05, 3.63) is 48.0 Å². The first kappa shape index (κ1) is 18.3. The van der Waals surface area contributed by atoms with Crippen molar-refractivity contribution in [1.82, 2.24) is 26.6 Å². The second kappa shape index (κ2) is 10.5. The van der Waals surface area contributed by atoms with E-state index in [1.807, 2.05) is 0 Å². The molecule has 1 unspecified atom stereocenters. The van der Waals surface area contributed by atoms with Gasteiger partial charge in [0.2, 0.25) is 0 Å². The maximum atomic E-state index is 3.73. The molecule has 1 aliphatic rings.